The normalized spacial score (nSPS) is 15.9. The Hall–Kier alpha value is -2.18. The molecule has 0 bridgehead atoms. The van der Waals surface area contributed by atoms with E-state index in [0.717, 1.165) is 32.0 Å². The monoisotopic (exact) mass is 274 g/mol. The van der Waals surface area contributed by atoms with Crippen LogP contribution in [-0.2, 0) is 0 Å². The summed E-state index contributed by atoms with van der Waals surface area (Å²) in [7, 11) is 0. The molecule has 0 aromatic carbocycles. The fourth-order valence-electron chi connectivity index (χ4n) is 2.18. The molecule has 3 heterocycles. The smallest absolute Gasteiger partial charge is 0.318 e. The van der Waals surface area contributed by atoms with Crippen molar-refractivity contribution in [2.75, 3.05) is 36.0 Å². The second kappa shape index (κ2) is 5.44. The minimum absolute atomic E-state index is 0.261. The summed E-state index contributed by atoms with van der Waals surface area (Å²) in [5, 5.41) is 16.2. The largest absolute Gasteiger partial charge is 0.408 e. The van der Waals surface area contributed by atoms with Crippen LogP contribution in [0.5, 0.6) is 0 Å². The summed E-state index contributed by atoms with van der Waals surface area (Å²) in [5.74, 6) is 1.87. The van der Waals surface area contributed by atoms with Crippen LogP contribution in [0.4, 0.5) is 11.8 Å². The summed E-state index contributed by atoms with van der Waals surface area (Å²) >= 11 is 0. The summed E-state index contributed by atoms with van der Waals surface area (Å²) in [4.78, 5) is 4.33. The molecule has 2 aromatic heterocycles. The van der Waals surface area contributed by atoms with Crippen molar-refractivity contribution in [2.45, 2.75) is 19.8 Å². The Kier molecular flexibility index (Phi) is 3.49. The van der Waals surface area contributed by atoms with Crippen molar-refractivity contribution in [3.63, 3.8) is 0 Å². The average molecular weight is 274 g/mol. The summed E-state index contributed by atoms with van der Waals surface area (Å²) in [6.07, 6.45) is 1.69. The predicted octanol–water partition coefficient (Wildman–Crippen LogP) is 1.31. The lowest BCUT2D eigenvalue weighted by molar-refractivity contribution is 0.456. The number of anilines is 2. The van der Waals surface area contributed by atoms with E-state index in [0.29, 0.717) is 11.9 Å². The second-order valence-electron chi connectivity index (χ2n) is 5.13. The zero-order chi connectivity index (χ0) is 13.9. The summed E-state index contributed by atoms with van der Waals surface area (Å²) < 4.78 is 5.68. The first kappa shape index (κ1) is 12.8. The molecule has 106 valence electrons. The lowest BCUT2D eigenvalue weighted by Crippen LogP contribution is -2.47. The average Bonchev–Trinajstić information content (AvgIpc) is 2.98. The van der Waals surface area contributed by atoms with Gasteiger partial charge in [-0.2, -0.15) is 5.10 Å². The molecule has 0 aliphatic carbocycles. The summed E-state index contributed by atoms with van der Waals surface area (Å²) in [6, 6.07) is 4.50. The summed E-state index contributed by atoms with van der Waals surface area (Å²) in [6.45, 7) is 7.52. The van der Waals surface area contributed by atoms with Crippen LogP contribution >= 0.6 is 0 Å². The van der Waals surface area contributed by atoms with E-state index in [4.69, 9.17) is 4.42 Å². The van der Waals surface area contributed by atoms with Crippen molar-refractivity contribution in [2.24, 2.45) is 0 Å². The van der Waals surface area contributed by atoms with Gasteiger partial charge in [-0.25, -0.2) is 0 Å². The Morgan fingerprint density at radius 2 is 1.80 bits per heavy atom. The Bertz CT molecular complexity index is 547. The maximum Gasteiger partial charge on any atom is 0.318 e. The Morgan fingerprint density at radius 3 is 2.40 bits per heavy atom. The third-order valence-corrected chi connectivity index (χ3v) is 3.36. The lowest BCUT2D eigenvalue weighted by atomic mass is 10.2. The van der Waals surface area contributed by atoms with E-state index in [1.165, 1.54) is 0 Å². The zero-order valence-corrected chi connectivity index (χ0v) is 11.7. The SMILES string of the molecule is CC(C)c1nnc(N2CCN(c3cccnn3)CC2)o1. The molecule has 1 aliphatic heterocycles. The molecule has 3 rings (SSSR count). The van der Waals surface area contributed by atoms with Crippen LogP contribution in [0, 0.1) is 0 Å². The van der Waals surface area contributed by atoms with Crippen LogP contribution < -0.4 is 9.80 Å². The van der Waals surface area contributed by atoms with Crippen LogP contribution in [0.3, 0.4) is 0 Å². The van der Waals surface area contributed by atoms with Gasteiger partial charge in [0.2, 0.25) is 5.89 Å². The van der Waals surface area contributed by atoms with Gasteiger partial charge in [0.05, 0.1) is 0 Å². The van der Waals surface area contributed by atoms with Gasteiger partial charge in [0, 0.05) is 38.3 Å². The number of nitrogens with zero attached hydrogens (tertiary/aromatic N) is 6. The number of rotatable bonds is 3. The van der Waals surface area contributed by atoms with Gasteiger partial charge < -0.3 is 14.2 Å². The van der Waals surface area contributed by atoms with E-state index in [9.17, 15) is 0 Å². The van der Waals surface area contributed by atoms with Gasteiger partial charge in [-0.05, 0) is 12.1 Å². The quantitative estimate of drug-likeness (QED) is 0.835. The zero-order valence-electron chi connectivity index (χ0n) is 11.7. The molecule has 0 N–H and O–H groups in total. The molecule has 2 aromatic rings. The minimum Gasteiger partial charge on any atom is -0.408 e. The molecular weight excluding hydrogens is 256 g/mol. The van der Waals surface area contributed by atoms with E-state index in [1.54, 1.807) is 6.20 Å². The van der Waals surface area contributed by atoms with E-state index in [1.807, 2.05) is 26.0 Å². The van der Waals surface area contributed by atoms with E-state index < -0.39 is 0 Å². The summed E-state index contributed by atoms with van der Waals surface area (Å²) in [5.41, 5.74) is 0. The maximum atomic E-state index is 5.68. The standard InChI is InChI=1S/C13H18N6O/c1-10(2)12-16-17-13(20-12)19-8-6-18(7-9-19)11-4-3-5-14-15-11/h3-5,10H,6-9H2,1-2H3. The highest BCUT2D eigenvalue weighted by Crippen LogP contribution is 2.20. The van der Waals surface area contributed by atoms with Gasteiger partial charge in [0.25, 0.3) is 0 Å². The number of hydrogen-bond acceptors (Lipinski definition) is 7. The van der Waals surface area contributed by atoms with Crippen molar-refractivity contribution >= 4 is 11.8 Å². The molecule has 0 atom stereocenters. The minimum atomic E-state index is 0.261. The first-order valence-electron chi connectivity index (χ1n) is 6.85. The first-order valence-corrected chi connectivity index (χ1v) is 6.85. The van der Waals surface area contributed by atoms with E-state index in [-0.39, 0.29) is 5.92 Å². The van der Waals surface area contributed by atoms with E-state index >= 15 is 0 Å². The van der Waals surface area contributed by atoms with Gasteiger partial charge in [-0.1, -0.05) is 18.9 Å². The maximum absolute atomic E-state index is 5.68. The Balaban J connectivity index is 1.63. The van der Waals surface area contributed by atoms with Gasteiger partial charge >= 0.3 is 6.01 Å². The molecule has 0 unspecified atom stereocenters. The van der Waals surface area contributed by atoms with Crippen LogP contribution in [0.25, 0.3) is 0 Å². The van der Waals surface area contributed by atoms with Gasteiger partial charge in [-0.15, -0.1) is 10.2 Å². The molecule has 1 aliphatic rings. The molecule has 0 spiro atoms. The van der Waals surface area contributed by atoms with Crippen LogP contribution in [0.2, 0.25) is 0 Å². The molecular formula is C13H18N6O. The van der Waals surface area contributed by atoms with Crippen molar-refractivity contribution in [3.8, 4) is 0 Å². The van der Waals surface area contributed by atoms with Crippen LogP contribution in [0.1, 0.15) is 25.7 Å². The van der Waals surface area contributed by atoms with Crippen molar-refractivity contribution in [1.82, 2.24) is 20.4 Å². The highest BCUT2D eigenvalue weighted by molar-refractivity contribution is 5.40. The third-order valence-electron chi connectivity index (χ3n) is 3.36. The number of aromatic nitrogens is 4. The molecule has 1 fully saturated rings. The highest BCUT2D eigenvalue weighted by Gasteiger charge is 2.22. The highest BCUT2D eigenvalue weighted by atomic mass is 16.4. The molecule has 1 saturated heterocycles. The van der Waals surface area contributed by atoms with Gasteiger partial charge in [0.1, 0.15) is 0 Å². The van der Waals surface area contributed by atoms with Gasteiger partial charge in [-0.3, -0.25) is 0 Å². The molecule has 0 radical (unpaired) electrons. The predicted molar refractivity (Wildman–Crippen MR) is 74.8 cm³/mol. The lowest BCUT2D eigenvalue weighted by Gasteiger charge is -2.33. The fraction of sp³-hybridized carbons (Fsp3) is 0.538. The van der Waals surface area contributed by atoms with Crippen LogP contribution in [0.15, 0.2) is 22.7 Å². The number of hydrogen-bond donors (Lipinski definition) is 0. The molecule has 0 amide bonds. The number of piperazine rings is 1. The third kappa shape index (κ3) is 2.56. The Morgan fingerprint density at radius 1 is 1.05 bits per heavy atom. The van der Waals surface area contributed by atoms with Crippen LogP contribution in [-0.4, -0.2) is 46.6 Å². The Labute approximate surface area is 117 Å². The first-order chi connectivity index (χ1) is 9.74. The van der Waals surface area contributed by atoms with Crippen molar-refractivity contribution < 1.29 is 4.42 Å². The topological polar surface area (TPSA) is 71.2 Å². The molecule has 20 heavy (non-hydrogen) atoms. The van der Waals surface area contributed by atoms with Crippen molar-refractivity contribution in [3.05, 3.63) is 24.2 Å². The molecule has 7 heteroatoms. The van der Waals surface area contributed by atoms with E-state index in [2.05, 4.69) is 30.2 Å². The van der Waals surface area contributed by atoms with Crippen molar-refractivity contribution in [1.29, 1.82) is 0 Å². The molecule has 0 saturated carbocycles. The second-order valence-corrected chi connectivity index (χ2v) is 5.13. The van der Waals surface area contributed by atoms with Gasteiger partial charge in [0.15, 0.2) is 5.82 Å². The molecule has 7 nitrogen and oxygen atoms in total. The fourth-order valence-corrected chi connectivity index (χ4v) is 2.18.